The zero-order valence-corrected chi connectivity index (χ0v) is 17.1. The van der Waals surface area contributed by atoms with Crippen LogP contribution < -0.4 is 20.5 Å². The van der Waals surface area contributed by atoms with Crippen molar-refractivity contribution in [3.63, 3.8) is 0 Å². The molecule has 0 aliphatic carbocycles. The average molecular weight is 425 g/mol. The fraction of sp³-hybridized carbons (Fsp3) is 0.0952. The lowest BCUT2D eigenvalue weighted by Gasteiger charge is -2.15. The number of hydrogen-bond donors (Lipinski definition) is 2. The molecule has 0 aromatic heterocycles. The molecular weight excluding hydrogens is 406 g/mol. The number of anilines is 2. The van der Waals surface area contributed by atoms with Crippen LogP contribution in [0.5, 0.6) is 11.5 Å². The number of nitro groups is 1. The van der Waals surface area contributed by atoms with E-state index in [9.17, 15) is 14.9 Å². The Hall–Kier alpha value is -3.72. The number of nitrogens with two attached hydrogens (primary N) is 1. The molecule has 1 amide bonds. The van der Waals surface area contributed by atoms with E-state index in [0.29, 0.717) is 33.3 Å². The van der Waals surface area contributed by atoms with Crippen LogP contribution >= 0.6 is 11.8 Å². The van der Waals surface area contributed by atoms with E-state index in [2.05, 4.69) is 5.32 Å². The molecule has 3 N–H and O–H groups in total. The summed E-state index contributed by atoms with van der Waals surface area (Å²) in [6, 6.07) is 16.3. The van der Waals surface area contributed by atoms with Crippen LogP contribution in [0.4, 0.5) is 17.1 Å². The molecule has 0 fully saturated rings. The molecule has 3 aromatic carbocycles. The average Bonchev–Trinajstić information content (AvgIpc) is 2.74. The minimum atomic E-state index is -0.462. The van der Waals surface area contributed by atoms with Crippen molar-refractivity contribution in [2.24, 2.45) is 0 Å². The van der Waals surface area contributed by atoms with Crippen molar-refractivity contribution < 1.29 is 19.2 Å². The highest BCUT2D eigenvalue weighted by atomic mass is 32.2. The predicted molar refractivity (Wildman–Crippen MR) is 116 cm³/mol. The summed E-state index contributed by atoms with van der Waals surface area (Å²) < 4.78 is 10.5. The fourth-order valence-corrected chi connectivity index (χ4v) is 3.71. The molecule has 0 saturated carbocycles. The van der Waals surface area contributed by atoms with E-state index in [-0.39, 0.29) is 5.69 Å². The van der Waals surface area contributed by atoms with Gasteiger partial charge < -0.3 is 20.5 Å². The highest BCUT2D eigenvalue weighted by molar-refractivity contribution is 7.99. The number of carbonyl (C=O) groups excluding carboxylic acids is 1. The summed E-state index contributed by atoms with van der Waals surface area (Å²) >= 11 is 1.29. The molecule has 0 spiro atoms. The highest BCUT2D eigenvalue weighted by Crippen LogP contribution is 2.35. The Morgan fingerprint density at radius 3 is 2.43 bits per heavy atom. The van der Waals surface area contributed by atoms with Gasteiger partial charge in [-0.05, 0) is 36.4 Å². The van der Waals surface area contributed by atoms with Gasteiger partial charge in [0.15, 0.2) is 0 Å². The molecule has 30 heavy (non-hydrogen) atoms. The number of amides is 1. The van der Waals surface area contributed by atoms with Crippen LogP contribution in [-0.4, -0.2) is 25.1 Å². The first-order chi connectivity index (χ1) is 14.4. The topological polar surface area (TPSA) is 117 Å². The van der Waals surface area contributed by atoms with Crippen molar-refractivity contribution in [2.45, 2.75) is 9.79 Å². The zero-order chi connectivity index (χ0) is 21.7. The number of carbonyl (C=O) groups is 1. The third kappa shape index (κ3) is 4.64. The molecular formula is C21H19N3O5S. The molecule has 0 aliphatic heterocycles. The summed E-state index contributed by atoms with van der Waals surface area (Å²) in [5.74, 6) is 0.640. The lowest BCUT2D eigenvalue weighted by Crippen LogP contribution is -2.16. The maximum atomic E-state index is 13.0. The largest absolute Gasteiger partial charge is 0.497 e. The zero-order valence-electron chi connectivity index (χ0n) is 16.2. The van der Waals surface area contributed by atoms with E-state index in [4.69, 9.17) is 15.2 Å². The van der Waals surface area contributed by atoms with Crippen molar-refractivity contribution in [3.8, 4) is 11.5 Å². The number of nitrogens with one attached hydrogen (secondary N) is 1. The van der Waals surface area contributed by atoms with Crippen molar-refractivity contribution in [1.29, 1.82) is 0 Å². The predicted octanol–water partition coefficient (Wildman–Crippen LogP) is 4.60. The molecule has 0 radical (unpaired) electrons. The fourth-order valence-electron chi connectivity index (χ4n) is 2.73. The number of non-ortho nitro benzene ring substituents is 1. The molecule has 0 aliphatic rings. The van der Waals surface area contributed by atoms with Gasteiger partial charge in [0, 0.05) is 33.7 Å². The van der Waals surface area contributed by atoms with Gasteiger partial charge >= 0.3 is 0 Å². The second kappa shape index (κ2) is 9.19. The summed E-state index contributed by atoms with van der Waals surface area (Å²) in [5, 5.41) is 13.7. The van der Waals surface area contributed by atoms with Gasteiger partial charge in [-0.1, -0.05) is 17.8 Å². The van der Waals surface area contributed by atoms with Crippen LogP contribution in [0.2, 0.25) is 0 Å². The SMILES string of the molecule is COc1ccc(NC(=O)c2c(N)cccc2Sc2ccc([N+](=O)[O-])cc2)c(OC)c1. The number of nitrogens with zero attached hydrogens (tertiary/aromatic N) is 1. The number of nitro benzene ring substituents is 1. The van der Waals surface area contributed by atoms with E-state index >= 15 is 0 Å². The third-order valence-electron chi connectivity index (χ3n) is 4.22. The minimum Gasteiger partial charge on any atom is -0.497 e. The van der Waals surface area contributed by atoms with Crippen LogP contribution in [0, 0.1) is 10.1 Å². The molecule has 3 rings (SSSR count). The Kier molecular flexibility index (Phi) is 6.43. The first-order valence-electron chi connectivity index (χ1n) is 8.77. The van der Waals surface area contributed by atoms with E-state index in [1.165, 1.54) is 31.0 Å². The Balaban J connectivity index is 1.89. The summed E-state index contributed by atoms with van der Waals surface area (Å²) in [7, 11) is 3.04. The summed E-state index contributed by atoms with van der Waals surface area (Å²) in [5.41, 5.74) is 7.18. The summed E-state index contributed by atoms with van der Waals surface area (Å²) in [6.07, 6.45) is 0. The number of benzene rings is 3. The van der Waals surface area contributed by atoms with Crippen LogP contribution in [0.15, 0.2) is 70.5 Å². The van der Waals surface area contributed by atoms with Crippen LogP contribution in [0.1, 0.15) is 10.4 Å². The monoisotopic (exact) mass is 425 g/mol. The molecule has 9 heteroatoms. The van der Waals surface area contributed by atoms with Gasteiger partial charge in [-0.3, -0.25) is 14.9 Å². The van der Waals surface area contributed by atoms with E-state index in [1.807, 2.05) is 0 Å². The first-order valence-corrected chi connectivity index (χ1v) is 9.58. The number of methoxy groups -OCH3 is 2. The van der Waals surface area contributed by atoms with Gasteiger partial charge in [-0.2, -0.15) is 0 Å². The Morgan fingerprint density at radius 2 is 1.80 bits per heavy atom. The van der Waals surface area contributed by atoms with Crippen molar-refractivity contribution in [2.75, 3.05) is 25.3 Å². The Labute approximate surface area is 177 Å². The van der Waals surface area contributed by atoms with Gasteiger partial charge in [0.2, 0.25) is 0 Å². The smallest absolute Gasteiger partial charge is 0.269 e. The summed E-state index contributed by atoms with van der Waals surface area (Å²) in [4.78, 5) is 24.8. The molecule has 8 nitrogen and oxygen atoms in total. The molecule has 154 valence electrons. The van der Waals surface area contributed by atoms with Crippen molar-refractivity contribution >= 4 is 34.7 Å². The second-order valence-electron chi connectivity index (χ2n) is 6.09. The summed E-state index contributed by atoms with van der Waals surface area (Å²) in [6.45, 7) is 0. The van der Waals surface area contributed by atoms with Crippen LogP contribution in [0.3, 0.4) is 0 Å². The van der Waals surface area contributed by atoms with Gasteiger partial charge in [0.1, 0.15) is 11.5 Å². The van der Waals surface area contributed by atoms with Crippen molar-refractivity contribution in [1.82, 2.24) is 0 Å². The van der Waals surface area contributed by atoms with Crippen molar-refractivity contribution in [3.05, 3.63) is 76.3 Å². The maximum Gasteiger partial charge on any atom is 0.269 e. The maximum absolute atomic E-state index is 13.0. The number of hydrogen-bond acceptors (Lipinski definition) is 7. The molecule has 0 atom stereocenters. The normalized spacial score (nSPS) is 10.3. The first kappa shape index (κ1) is 21.0. The van der Waals surface area contributed by atoms with Gasteiger partial charge in [-0.15, -0.1) is 0 Å². The number of nitrogen functional groups attached to an aromatic ring is 1. The van der Waals surface area contributed by atoms with E-state index < -0.39 is 10.8 Å². The van der Waals surface area contributed by atoms with E-state index in [0.717, 1.165) is 4.90 Å². The van der Waals surface area contributed by atoms with Gasteiger partial charge in [0.05, 0.1) is 30.4 Å². The molecule has 3 aromatic rings. The minimum absolute atomic E-state index is 0.00325. The van der Waals surface area contributed by atoms with Gasteiger partial charge in [0.25, 0.3) is 11.6 Å². The van der Waals surface area contributed by atoms with Gasteiger partial charge in [-0.25, -0.2) is 0 Å². The Bertz CT molecular complexity index is 1090. The second-order valence-corrected chi connectivity index (χ2v) is 7.21. The lowest BCUT2D eigenvalue weighted by molar-refractivity contribution is -0.384. The van der Waals surface area contributed by atoms with Crippen LogP contribution in [0.25, 0.3) is 0 Å². The number of rotatable bonds is 7. The standard InChI is InChI=1S/C21H19N3O5S/c1-28-14-8-11-17(18(12-14)29-2)23-21(25)20-16(22)4-3-5-19(20)30-15-9-6-13(7-10-15)24(26)27/h3-12H,22H2,1-2H3,(H,23,25). The molecule has 0 heterocycles. The lowest BCUT2D eigenvalue weighted by atomic mass is 10.1. The molecule has 0 unspecified atom stereocenters. The third-order valence-corrected chi connectivity index (χ3v) is 5.29. The number of ether oxygens (including phenoxy) is 2. The van der Waals surface area contributed by atoms with Crippen LogP contribution in [-0.2, 0) is 0 Å². The highest BCUT2D eigenvalue weighted by Gasteiger charge is 2.18. The molecule has 0 saturated heterocycles. The quantitative estimate of drug-likeness (QED) is 0.323. The van der Waals surface area contributed by atoms with E-state index in [1.54, 1.807) is 55.6 Å². The molecule has 0 bridgehead atoms. The Morgan fingerprint density at radius 1 is 1.07 bits per heavy atom.